The van der Waals surface area contributed by atoms with Gasteiger partial charge in [0.15, 0.2) is 0 Å². The second-order valence-electron chi connectivity index (χ2n) is 12.7. The van der Waals surface area contributed by atoms with E-state index in [0.29, 0.717) is 32.9 Å². The van der Waals surface area contributed by atoms with Crippen molar-refractivity contribution in [3.8, 4) is 23.0 Å². The molecule has 6 aromatic rings. The molecule has 0 aromatic heterocycles. The molecule has 0 heterocycles. The predicted octanol–water partition coefficient (Wildman–Crippen LogP) is 5.07. The summed E-state index contributed by atoms with van der Waals surface area (Å²) in [6.07, 6.45) is -0.710. The van der Waals surface area contributed by atoms with Gasteiger partial charge in [0.1, 0.15) is 45.7 Å². The number of carbonyl (C=O) groups is 2. The fraction of sp³-hybridized carbons (Fsp3) is 0.150. The fourth-order valence-electron chi connectivity index (χ4n) is 5.71. The van der Waals surface area contributed by atoms with Crippen LogP contribution in [0.3, 0.4) is 0 Å². The van der Waals surface area contributed by atoms with E-state index in [-0.39, 0.29) is 121 Å². The Kier molecular flexibility index (Phi) is 18.6. The van der Waals surface area contributed by atoms with Crippen LogP contribution in [0.15, 0.2) is 127 Å². The summed E-state index contributed by atoms with van der Waals surface area (Å²) in [5.74, 6) is -1.30. The van der Waals surface area contributed by atoms with Crippen molar-refractivity contribution in [1.29, 1.82) is 0 Å². The van der Waals surface area contributed by atoms with Gasteiger partial charge in [-0.3, -0.25) is 10.1 Å². The monoisotopic (exact) mass is 947 g/mol. The third-order valence-corrected chi connectivity index (χ3v) is 11.5. The van der Waals surface area contributed by atoms with Gasteiger partial charge in [-0.1, -0.05) is 50.2 Å². The van der Waals surface area contributed by atoms with E-state index in [2.05, 4.69) is 45.3 Å². The van der Waals surface area contributed by atoms with Gasteiger partial charge in [-0.2, -0.15) is 0 Å². The van der Waals surface area contributed by atoms with E-state index in [1.165, 1.54) is 56.5 Å². The van der Waals surface area contributed by atoms with Gasteiger partial charge in [0.25, 0.3) is 0 Å². The average molecular weight is 948 g/mol. The van der Waals surface area contributed by atoms with Crippen molar-refractivity contribution in [3.05, 3.63) is 97.1 Å². The van der Waals surface area contributed by atoms with Crippen molar-refractivity contribution in [2.75, 3.05) is 30.8 Å². The minimum absolute atomic E-state index is 0. The Labute approximate surface area is 394 Å². The minimum Gasteiger partial charge on any atom is -0.506 e. The summed E-state index contributed by atoms with van der Waals surface area (Å²) in [6, 6.07) is 23.6. The topological polar surface area (TPSA) is 290 Å². The number of carbonyl (C=O) groups excluding carboxylic acids is 2. The number of methoxy groups -OCH3 is 1. The number of sulfonamides is 2. The number of rotatable bonds is 12. The average Bonchev–Trinajstić information content (AvgIpc) is 3.21. The van der Waals surface area contributed by atoms with E-state index in [9.17, 15) is 46.9 Å². The summed E-state index contributed by atoms with van der Waals surface area (Å²) in [6.45, 7) is 5.04. The molecule has 63 heavy (non-hydrogen) atoms. The molecule has 6 aromatic carbocycles. The number of phenolic OH excluding ortho intramolecular Hbond substituents is 4. The van der Waals surface area contributed by atoms with Crippen LogP contribution in [0.1, 0.15) is 20.8 Å². The third kappa shape index (κ3) is 12.7. The van der Waals surface area contributed by atoms with Crippen molar-refractivity contribution in [2.45, 2.75) is 30.6 Å². The van der Waals surface area contributed by atoms with Crippen LogP contribution in [0.5, 0.6) is 23.0 Å². The molecule has 19 nitrogen and oxygen atoms in total. The first-order valence-corrected chi connectivity index (χ1v) is 21.1. The Morgan fingerprint density at radius 2 is 0.984 bits per heavy atom. The van der Waals surface area contributed by atoms with Crippen molar-refractivity contribution >= 4 is 87.7 Å². The van der Waals surface area contributed by atoms with E-state index in [0.717, 1.165) is 6.07 Å². The second-order valence-corrected chi connectivity index (χ2v) is 16.2. The van der Waals surface area contributed by atoms with Crippen LogP contribution < -0.4 is 49.6 Å². The van der Waals surface area contributed by atoms with Crippen molar-refractivity contribution in [1.82, 2.24) is 9.44 Å². The van der Waals surface area contributed by atoms with Crippen molar-refractivity contribution in [2.24, 2.45) is 20.5 Å². The van der Waals surface area contributed by atoms with Crippen LogP contribution in [0, 0.1) is 0 Å². The molecule has 2 amide bonds. The molecule has 0 unspecified atom stereocenters. The SMILES string of the molecule is CCNS(=O)(=O)c1ccc(O)c(N=Nc2c(O)ccc3cccc(NC(=O)OC)c23)c1.CCNS(=O)(=O)c1ccc(O)c(N=Nc2c(O)ccc3cccc(NC(C)=O)c23)c1.[Cr].[Na+]. The zero-order valence-electron chi connectivity index (χ0n) is 34.3. The molecule has 0 saturated carbocycles. The summed E-state index contributed by atoms with van der Waals surface area (Å²) >= 11 is 0. The number of anilines is 2. The smallest absolute Gasteiger partial charge is 0.506 e. The van der Waals surface area contributed by atoms with Gasteiger partial charge in [0.05, 0.1) is 28.3 Å². The molecule has 0 atom stereocenters. The molecule has 23 heteroatoms. The Morgan fingerprint density at radius 1 is 0.587 bits per heavy atom. The summed E-state index contributed by atoms with van der Waals surface area (Å²) in [5, 5.41) is 64.2. The Bertz CT molecular complexity index is 2940. The molecular formula is C40H40CrN8NaO11S2+. The predicted molar refractivity (Wildman–Crippen MR) is 228 cm³/mol. The second kappa shape index (κ2) is 22.6. The van der Waals surface area contributed by atoms with Gasteiger partial charge < -0.3 is 30.5 Å². The van der Waals surface area contributed by atoms with Crippen LogP contribution in [0.4, 0.5) is 38.9 Å². The zero-order valence-corrected chi connectivity index (χ0v) is 39.2. The maximum absolute atomic E-state index is 12.2. The number of hydrogen-bond donors (Lipinski definition) is 8. The quantitative estimate of drug-likeness (QED) is 0.0592. The van der Waals surface area contributed by atoms with Crippen LogP contribution in [-0.4, -0.2) is 69.5 Å². The molecule has 0 spiro atoms. The molecule has 0 fully saturated rings. The summed E-state index contributed by atoms with van der Waals surface area (Å²) in [5.41, 5.74) is 0.621. The first-order valence-electron chi connectivity index (χ1n) is 18.1. The number of amides is 2. The maximum Gasteiger partial charge on any atom is 1.00 e. The number of fused-ring (bicyclic) bond motifs is 2. The van der Waals surface area contributed by atoms with Gasteiger partial charge in [-0.15, -0.1) is 20.5 Å². The van der Waals surface area contributed by atoms with E-state index in [4.69, 9.17) is 0 Å². The van der Waals surface area contributed by atoms with Gasteiger partial charge in [-0.25, -0.2) is 31.1 Å². The normalized spacial score (nSPS) is 11.4. The number of hydrogen-bond acceptors (Lipinski definition) is 15. The van der Waals surface area contributed by atoms with Crippen LogP contribution in [0.2, 0.25) is 0 Å². The first kappa shape index (κ1) is 51.7. The van der Waals surface area contributed by atoms with Crippen LogP contribution >= 0.6 is 0 Å². The Hall–Kier alpha value is -5.67. The number of aromatic hydroxyl groups is 4. The first-order chi connectivity index (χ1) is 29.0. The van der Waals surface area contributed by atoms with Crippen LogP contribution in [0.25, 0.3) is 21.5 Å². The summed E-state index contributed by atoms with van der Waals surface area (Å²) in [7, 11) is -6.31. The maximum atomic E-state index is 12.2. The molecule has 0 aliphatic rings. The molecule has 324 valence electrons. The molecule has 0 aliphatic carbocycles. The fourth-order valence-corrected chi connectivity index (χ4v) is 7.84. The third-order valence-electron chi connectivity index (χ3n) is 8.43. The van der Waals surface area contributed by atoms with Crippen molar-refractivity contribution < 1.29 is 98.5 Å². The van der Waals surface area contributed by atoms with Gasteiger partial charge >= 0.3 is 35.7 Å². The molecular weight excluding hydrogens is 908 g/mol. The number of nitrogens with one attached hydrogen (secondary N) is 4. The van der Waals surface area contributed by atoms with E-state index < -0.39 is 26.1 Å². The molecule has 0 aliphatic heterocycles. The van der Waals surface area contributed by atoms with Gasteiger partial charge in [-0.05, 0) is 71.4 Å². The van der Waals surface area contributed by atoms with E-state index in [1.54, 1.807) is 62.4 Å². The molecule has 6 rings (SSSR count). The summed E-state index contributed by atoms with van der Waals surface area (Å²) < 4.78 is 58.2. The molecule has 0 radical (unpaired) electrons. The van der Waals surface area contributed by atoms with E-state index >= 15 is 0 Å². The largest absolute Gasteiger partial charge is 1.00 e. The molecule has 8 N–H and O–H groups in total. The van der Waals surface area contributed by atoms with Crippen LogP contribution in [-0.2, 0) is 46.9 Å². The number of benzene rings is 6. The standard InChI is InChI=1S/C20H20N4O6S.C20H20N4O5S.Cr.Na/c1-3-21-31(28,29)13-8-10-16(25)15(11-13)23-24-19-17(26)9-7-12-5-4-6-14(18(12)19)22-20(27)30-2;1-3-21-30(28,29)14-8-10-17(26)16(11-14)23-24-20-18(27)9-7-13-5-4-6-15(19(13)20)22-12(2)25;;/h4-11,21,25-26H,3H2,1-2H3,(H,22,27);4-11,21,26-27H,3H2,1-2H3,(H,22,25);;/q;;;+1. The molecule has 0 saturated heterocycles. The van der Waals surface area contributed by atoms with Crippen molar-refractivity contribution in [3.63, 3.8) is 0 Å². The zero-order chi connectivity index (χ0) is 44.5. The Balaban J connectivity index is 0.000000325. The number of ether oxygens (including phenoxy) is 1. The van der Waals surface area contributed by atoms with E-state index in [1.807, 2.05) is 0 Å². The molecule has 0 bridgehead atoms. The van der Waals surface area contributed by atoms with Gasteiger partial charge in [0, 0.05) is 48.1 Å². The van der Waals surface area contributed by atoms with Gasteiger partial charge in [0.2, 0.25) is 26.0 Å². The number of phenols is 4. The number of nitrogens with zero attached hydrogens (tertiary/aromatic N) is 4. The number of azo groups is 2. The summed E-state index contributed by atoms with van der Waals surface area (Å²) in [4.78, 5) is 23.0. The Morgan fingerprint density at radius 3 is 1.37 bits per heavy atom. The minimum atomic E-state index is -3.77.